The Morgan fingerprint density at radius 3 is 3.00 bits per heavy atom. The monoisotopic (exact) mass is 193 g/mol. The molecule has 1 aliphatic rings. The van der Waals surface area contributed by atoms with E-state index in [2.05, 4.69) is 0 Å². The second-order valence-electron chi connectivity index (χ2n) is 3.06. The largest absolute Gasteiger partial charge is 0.429 e. The summed E-state index contributed by atoms with van der Waals surface area (Å²) in [5.74, 6) is -2.74. The zero-order chi connectivity index (χ0) is 10.6. The van der Waals surface area contributed by atoms with Crippen LogP contribution in [0.25, 0.3) is 0 Å². The summed E-state index contributed by atoms with van der Waals surface area (Å²) in [5.41, 5.74) is 0. The topological polar surface area (TPSA) is 70.3 Å². The minimum atomic E-state index is -1.67. The molecule has 1 aliphatic carbocycles. The third-order valence-electron chi connectivity index (χ3n) is 1.94. The molecule has 0 radical (unpaired) electrons. The van der Waals surface area contributed by atoms with E-state index in [4.69, 9.17) is 10.00 Å². The molecule has 0 spiro atoms. The van der Waals surface area contributed by atoms with Crippen molar-refractivity contribution in [3.05, 3.63) is 24.3 Å². The van der Waals surface area contributed by atoms with Crippen LogP contribution in [0.1, 0.15) is 13.3 Å². The minimum Gasteiger partial charge on any atom is -0.429 e. The quantitative estimate of drug-likeness (QED) is 0.522. The van der Waals surface area contributed by atoms with E-state index in [1.165, 1.54) is 13.0 Å². The van der Waals surface area contributed by atoms with Crippen LogP contribution < -0.4 is 0 Å². The van der Waals surface area contributed by atoms with E-state index in [0.717, 1.165) is 0 Å². The van der Waals surface area contributed by atoms with E-state index in [9.17, 15) is 9.90 Å². The van der Waals surface area contributed by atoms with Crippen molar-refractivity contribution in [2.24, 2.45) is 5.92 Å². The van der Waals surface area contributed by atoms with Gasteiger partial charge in [-0.05, 0) is 6.08 Å². The fourth-order valence-corrected chi connectivity index (χ4v) is 1.31. The molecule has 0 bridgehead atoms. The first-order valence-electron chi connectivity index (χ1n) is 4.23. The molecule has 0 fully saturated rings. The molecular weight excluding hydrogens is 182 g/mol. The molecule has 14 heavy (non-hydrogen) atoms. The average Bonchev–Trinajstić information content (AvgIpc) is 2.08. The summed E-state index contributed by atoms with van der Waals surface area (Å²) < 4.78 is 4.77. The molecule has 0 saturated heterocycles. The maximum absolute atomic E-state index is 10.7. The van der Waals surface area contributed by atoms with Gasteiger partial charge in [-0.25, -0.2) is 0 Å². The number of aliphatic hydroxyl groups is 1. The molecule has 0 aromatic heterocycles. The van der Waals surface area contributed by atoms with Gasteiger partial charge in [0.15, 0.2) is 0 Å². The Morgan fingerprint density at radius 1 is 1.71 bits per heavy atom. The van der Waals surface area contributed by atoms with Gasteiger partial charge in [-0.2, -0.15) is 5.26 Å². The second kappa shape index (κ2) is 4.07. The summed E-state index contributed by atoms with van der Waals surface area (Å²) in [6.07, 6.45) is 6.41. The third-order valence-corrected chi connectivity index (χ3v) is 1.94. The van der Waals surface area contributed by atoms with Gasteiger partial charge in [-0.1, -0.05) is 18.2 Å². The number of allylic oxidation sites excluding steroid dienone is 2. The van der Waals surface area contributed by atoms with Gasteiger partial charge >= 0.3 is 5.97 Å². The van der Waals surface area contributed by atoms with Gasteiger partial charge in [0, 0.05) is 13.3 Å². The number of nitrogens with zero attached hydrogens (tertiary/aromatic N) is 1. The Labute approximate surface area is 82.1 Å². The van der Waals surface area contributed by atoms with Crippen LogP contribution in [-0.4, -0.2) is 16.9 Å². The van der Waals surface area contributed by atoms with Crippen LogP contribution in [-0.2, 0) is 9.53 Å². The number of rotatable bonds is 2. The summed E-state index contributed by atoms with van der Waals surface area (Å²) in [4.78, 5) is 10.7. The highest BCUT2D eigenvalue weighted by molar-refractivity contribution is 5.66. The van der Waals surface area contributed by atoms with Crippen molar-refractivity contribution in [1.82, 2.24) is 0 Å². The van der Waals surface area contributed by atoms with Gasteiger partial charge in [0.25, 0.3) is 0 Å². The van der Waals surface area contributed by atoms with Crippen molar-refractivity contribution in [3.8, 4) is 6.07 Å². The Hall–Kier alpha value is -1.60. The lowest BCUT2D eigenvalue weighted by atomic mass is 9.91. The number of carbonyl (C=O) groups excluding carboxylic acids is 1. The van der Waals surface area contributed by atoms with Crippen LogP contribution in [0.4, 0.5) is 0 Å². The Morgan fingerprint density at radius 2 is 2.43 bits per heavy atom. The Balaban J connectivity index is 2.83. The van der Waals surface area contributed by atoms with E-state index in [-0.39, 0.29) is 6.42 Å². The molecule has 4 nitrogen and oxygen atoms in total. The average molecular weight is 193 g/mol. The second-order valence-corrected chi connectivity index (χ2v) is 3.06. The Bertz CT molecular complexity index is 327. The Kier molecular flexibility index (Phi) is 3.05. The molecule has 0 heterocycles. The van der Waals surface area contributed by atoms with E-state index in [0.29, 0.717) is 0 Å². The zero-order valence-electron chi connectivity index (χ0n) is 7.80. The molecule has 0 aliphatic heterocycles. The van der Waals surface area contributed by atoms with E-state index >= 15 is 0 Å². The first-order chi connectivity index (χ1) is 6.58. The molecule has 2 unspecified atom stereocenters. The van der Waals surface area contributed by atoms with Gasteiger partial charge in [-0.3, -0.25) is 4.79 Å². The lowest BCUT2D eigenvalue weighted by Crippen LogP contribution is -2.40. The van der Waals surface area contributed by atoms with E-state index in [1.54, 1.807) is 18.2 Å². The van der Waals surface area contributed by atoms with E-state index < -0.39 is 17.7 Å². The lowest BCUT2D eigenvalue weighted by molar-refractivity contribution is -0.200. The number of hydrogen-bond donors (Lipinski definition) is 1. The number of esters is 1. The molecule has 2 atom stereocenters. The summed E-state index contributed by atoms with van der Waals surface area (Å²) in [6.45, 7) is 1.22. The van der Waals surface area contributed by atoms with Crippen LogP contribution >= 0.6 is 0 Å². The van der Waals surface area contributed by atoms with Crippen molar-refractivity contribution in [3.63, 3.8) is 0 Å². The minimum absolute atomic E-state index is 0.102. The maximum Gasteiger partial charge on any atom is 0.305 e. The highest BCUT2D eigenvalue weighted by Crippen LogP contribution is 2.28. The van der Waals surface area contributed by atoms with Crippen LogP contribution in [0.5, 0.6) is 0 Å². The molecule has 0 aromatic carbocycles. The molecule has 74 valence electrons. The summed E-state index contributed by atoms with van der Waals surface area (Å²) >= 11 is 0. The molecule has 0 aromatic rings. The fourth-order valence-electron chi connectivity index (χ4n) is 1.31. The molecule has 1 N–H and O–H groups in total. The molecule has 1 rings (SSSR count). The van der Waals surface area contributed by atoms with Crippen molar-refractivity contribution in [1.29, 1.82) is 5.26 Å². The summed E-state index contributed by atoms with van der Waals surface area (Å²) in [7, 11) is 0. The predicted molar refractivity (Wildman–Crippen MR) is 48.7 cm³/mol. The third kappa shape index (κ3) is 2.21. The van der Waals surface area contributed by atoms with Crippen molar-refractivity contribution < 1.29 is 14.6 Å². The van der Waals surface area contributed by atoms with Crippen molar-refractivity contribution in [2.75, 3.05) is 0 Å². The van der Waals surface area contributed by atoms with Gasteiger partial charge in [0.05, 0.1) is 12.0 Å². The van der Waals surface area contributed by atoms with Crippen LogP contribution in [0, 0.1) is 17.2 Å². The van der Waals surface area contributed by atoms with Crippen LogP contribution in [0.15, 0.2) is 24.3 Å². The SMILES string of the molecule is CC(=O)OC1(O)C=CC=CC1CC#N. The zero-order valence-corrected chi connectivity index (χ0v) is 7.80. The number of nitriles is 1. The summed E-state index contributed by atoms with van der Waals surface area (Å²) in [6, 6.07) is 1.93. The molecule has 0 amide bonds. The number of carbonyl (C=O) groups is 1. The first-order valence-corrected chi connectivity index (χ1v) is 4.23. The van der Waals surface area contributed by atoms with Crippen molar-refractivity contribution in [2.45, 2.75) is 19.1 Å². The van der Waals surface area contributed by atoms with Crippen molar-refractivity contribution >= 4 is 5.97 Å². The van der Waals surface area contributed by atoms with Gasteiger partial charge in [0.2, 0.25) is 5.79 Å². The first kappa shape index (κ1) is 10.5. The maximum atomic E-state index is 10.7. The molecule has 4 heteroatoms. The van der Waals surface area contributed by atoms with Gasteiger partial charge in [-0.15, -0.1) is 0 Å². The van der Waals surface area contributed by atoms with Crippen LogP contribution in [0.3, 0.4) is 0 Å². The lowest BCUT2D eigenvalue weighted by Gasteiger charge is -2.31. The fraction of sp³-hybridized carbons (Fsp3) is 0.400. The number of hydrogen-bond acceptors (Lipinski definition) is 4. The summed E-state index contributed by atoms with van der Waals surface area (Å²) in [5, 5.41) is 18.4. The molecular formula is C10H11NO3. The number of ether oxygens (including phenoxy) is 1. The van der Waals surface area contributed by atoms with E-state index in [1.807, 2.05) is 6.07 Å². The smallest absolute Gasteiger partial charge is 0.305 e. The normalized spacial score (nSPS) is 29.6. The standard InChI is InChI=1S/C10H11NO3/c1-8(12)14-10(13)6-3-2-4-9(10)5-7-11/h2-4,6,9,13H,5H2,1H3. The highest BCUT2D eigenvalue weighted by Gasteiger charge is 2.37. The van der Waals surface area contributed by atoms with Crippen LogP contribution in [0.2, 0.25) is 0 Å². The molecule has 0 saturated carbocycles. The predicted octanol–water partition coefficient (Wildman–Crippen LogP) is 0.894. The van der Waals surface area contributed by atoms with Gasteiger partial charge in [0.1, 0.15) is 0 Å². The highest BCUT2D eigenvalue weighted by atomic mass is 16.7. The van der Waals surface area contributed by atoms with Gasteiger partial charge < -0.3 is 9.84 Å².